The van der Waals surface area contributed by atoms with Gasteiger partial charge >= 0.3 is 5.97 Å². The number of ether oxygens (including phenoxy) is 4. The normalized spacial score (nSPS) is 10.6. The Labute approximate surface area is 235 Å². The zero-order chi connectivity index (χ0) is 27.7. The standard InChI is InChI=1S/C26H23Br2N3O7/c1-35-20-10-16(11-21(36-2)24(20)37-3)25(33)29-14-22(32)31-30-13-17-9-18(27)12-19(28)23(17)38-26(34)15-7-5-4-6-8-15/h4-13H,14H2,1-3H3,(H,29,33)(H,31,32)/b30-13+. The Kier molecular flexibility index (Phi) is 10.3. The number of halogens is 2. The summed E-state index contributed by atoms with van der Waals surface area (Å²) in [4.78, 5) is 37.4. The average Bonchev–Trinajstić information content (AvgIpc) is 2.92. The van der Waals surface area contributed by atoms with Crippen LogP contribution in [0.3, 0.4) is 0 Å². The monoisotopic (exact) mass is 647 g/mol. The molecule has 0 saturated carbocycles. The number of carbonyl (C=O) groups is 3. The molecule has 0 fully saturated rings. The summed E-state index contributed by atoms with van der Waals surface area (Å²) < 4.78 is 22.5. The van der Waals surface area contributed by atoms with Crippen molar-refractivity contribution in [1.82, 2.24) is 10.7 Å². The second kappa shape index (κ2) is 13.6. The maximum absolute atomic E-state index is 12.6. The van der Waals surface area contributed by atoms with Crippen LogP contribution in [0.25, 0.3) is 0 Å². The lowest BCUT2D eigenvalue weighted by molar-refractivity contribution is -0.120. The molecule has 198 valence electrons. The SMILES string of the molecule is COc1cc(C(=O)NCC(=O)N/N=C/c2cc(Br)cc(Br)c2OC(=O)c2ccccc2)cc(OC)c1OC. The summed E-state index contributed by atoms with van der Waals surface area (Å²) in [6.45, 7) is -0.356. The van der Waals surface area contributed by atoms with E-state index in [0.29, 0.717) is 37.3 Å². The van der Waals surface area contributed by atoms with Crippen molar-refractivity contribution in [2.45, 2.75) is 0 Å². The van der Waals surface area contributed by atoms with Crippen LogP contribution in [-0.2, 0) is 4.79 Å². The van der Waals surface area contributed by atoms with Gasteiger partial charge < -0.3 is 24.3 Å². The molecular weight excluding hydrogens is 626 g/mol. The van der Waals surface area contributed by atoms with Crippen LogP contribution in [0.4, 0.5) is 0 Å². The van der Waals surface area contributed by atoms with Crippen molar-refractivity contribution >= 4 is 55.9 Å². The molecule has 0 bridgehead atoms. The van der Waals surface area contributed by atoms with Crippen molar-refractivity contribution in [2.75, 3.05) is 27.9 Å². The molecule has 12 heteroatoms. The maximum atomic E-state index is 12.6. The number of carbonyl (C=O) groups excluding carboxylic acids is 3. The van der Waals surface area contributed by atoms with Crippen molar-refractivity contribution in [3.8, 4) is 23.0 Å². The molecule has 3 rings (SSSR count). The minimum Gasteiger partial charge on any atom is -0.493 e. The molecule has 0 aliphatic heterocycles. The topological polar surface area (TPSA) is 125 Å². The summed E-state index contributed by atoms with van der Waals surface area (Å²) in [5.41, 5.74) is 3.33. The number of hydrogen-bond acceptors (Lipinski definition) is 8. The number of benzene rings is 3. The first kappa shape index (κ1) is 28.7. The first-order chi connectivity index (χ1) is 18.3. The minimum atomic E-state index is -0.584. The number of rotatable bonds is 10. The Morgan fingerprint density at radius 1 is 0.868 bits per heavy atom. The molecule has 0 aromatic heterocycles. The molecule has 2 amide bonds. The van der Waals surface area contributed by atoms with Gasteiger partial charge in [0.05, 0.1) is 44.1 Å². The van der Waals surface area contributed by atoms with E-state index in [4.69, 9.17) is 18.9 Å². The maximum Gasteiger partial charge on any atom is 0.343 e. The lowest BCUT2D eigenvalue weighted by Gasteiger charge is -2.14. The molecule has 3 aromatic rings. The van der Waals surface area contributed by atoms with E-state index in [1.54, 1.807) is 42.5 Å². The third kappa shape index (κ3) is 7.33. The highest BCUT2D eigenvalue weighted by molar-refractivity contribution is 9.11. The van der Waals surface area contributed by atoms with Gasteiger partial charge in [-0.25, -0.2) is 10.2 Å². The van der Waals surface area contributed by atoms with Crippen LogP contribution < -0.4 is 29.7 Å². The number of methoxy groups -OCH3 is 3. The van der Waals surface area contributed by atoms with E-state index in [9.17, 15) is 14.4 Å². The van der Waals surface area contributed by atoms with E-state index >= 15 is 0 Å². The Hall–Kier alpha value is -3.90. The van der Waals surface area contributed by atoms with Crippen molar-refractivity contribution in [1.29, 1.82) is 0 Å². The number of hydrogen-bond donors (Lipinski definition) is 2. The molecule has 0 unspecified atom stereocenters. The van der Waals surface area contributed by atoms with Crippen molar-refractivity contribution in [3.63, 3.8) is 0 Å². The van der Waals surface area contributed by atoms with Crippen LogP contribution >= 0.6 is 31.9 Å². The summed E-state index contributed by atoms with van der Waals surface area (Å²) in [6, 6.07) is 14.8. The summed E-state index contributed by atoms with van der Waals surface area (Å²) in [5, 5.41) is 6.43. The van der Waals surface area contributed by atoms with Gasteiger partial charge in [0.15, 0.2) is 17.2 Å². The van der Waals surface area contributed by atoms with Crippen LogP contribution in [0.15, 0.2) is 68.6 Å². The zero-order valence-corrected chi connectivity index (χ0v) is 23.7. The third-order valence-electron chi connectivity index (χ3n) is 4.97. The lowest BCUT2D eigenvalue weighted by Crippen LogP contribution is -2.35. The van der Waals surface area contributed by atoms with E-state index in [1.165, 1.54) is 39.7 Å². The lowest BCUT2D eigenvalue weighted by atomic mass is 10.1. The number of amides is 2. The second-order valence-electron chi connectivity index (χ2n) is 7.45. The fraction of sp³-hybridized carbons (Fsp3) is 0.154. The van der Waals surface area contributed by atoms with E-state index < -0.39 is 17.8 Å². The number of esters is 1. The fourth-order valence-corrected chi connectivity index (χ4v) is 4.54. The molecule has 0 saturated heterocycles. The van der Waals surface area contributed by atoms with Crippen molar-refractivity contribution in [2.24, 2.45) is 5.10 Å². The van der Waals surface area contributed by atoms with Gasteiger partial charge in [0, 0.05) is 15.6 Å². The predicted molar refractivity (Wildman–Crippen MR) is 147 cm³/mol. The summed E-state index contributed by atoms with van der Waals surface area (Å²) in [5.74, 6) is -0.512. The highest BCUT2D eigenvalue weighted by Crippen LogP contribution is 2.38. The molecule has 0 aliphatic rings. The Bertz CT molecular complexity index is 1340. The largest absolute Gasteiger partial charge is 0.493 e. The molecule has 0 atom stereocenters. The van der Waals surface area contributed by atoms with Gasteiger partial charge in [-0.05, 0) is 52.3 Å². The first-order valence-corrected chi connectivity index (χ1v) is 12.5. The van der Waals surface area contributed by atoms with Gasteiger partial charge in [-0.2, -0.15) is 5.10 Å². The van der Waals surface area contributed by atoms with Crippen molar-refractivity contribution < 1.29 is 33.3 Å². The summed E-state index contributed by atoms with van der Waals surface area (Å²) in [6.07, 6.45) is 1.32. The minimum absolute atomic E-state index is 0.208. The molecule has 0 spiro atoms. The fourth-order valence-electron chi connectivity index (χ4n) is 3.20. The highest BCUT2D eigenvalue weighted by atomic mass is 79.9. The van der Waals surface area contributed by atoms with Crippen LogP contribution in [0.1, 0.15) is 26.3 Å². The van der Waals surface area contributed by atoms with E-state index in [-0.39, 0.29) is 17.9 Å². The van der Waals surface area contributed by atoms with Gasteiger partial charge in [0.1, 0.15) is 0 Å². The molecular formula is C26H23Br2N3O7. The molecule has 0 heterocycles. The first-order valence-electron chi connectivity index (χ1n) is 10.9. The van der Waals surface area contributed by atoms with Crippen LogP contribution in [0.2, 0.25) is 0 Å². The second-order valence-corrected chi connectivity index (χ2v) is 9.22. The highest BCUT2D eigenvalue weighted by Gasteiger charge is 2.18. The quantitative estimate of drug-likeness (QED) is 0.145. The van der Waals surface area contributed by atoms with Gasteiger partial charge in [0.25, 0.3) is 11.8 Å². The Morgan fingerprint density at radius 3 is 2.13 bits per heavy atom. The van der Waals surface area contributed by atoms with Crippen molar-refractivity contribution in [3.05, 3.63) is 80.2 Å². The molecule has 38 heavy (non-hydrogen) atoms. The van der Waals surface area contributed by atoms with E-state index in [1.807, 2.05) is 0 Å². The van der Waals surface area contributed by atoms with Crippen LogP contribution in [-0.4, -0.2) is 51.9 Å². The average molecular weight is 649 g/mol. The number of hydrazone groups is 1. The van der Waals surface area contributed by atoms with Crippen LogP contribution in [0, 0.1) is 0 Å². The Balaban J connectivity index is 1.65. The molecule has 3 aromatic carbocycles. The predicted octanol–water partition coefficient (Wildman–Crippen LogP) is 4.34. The summed E-state index contributed by atoms with van der Waals surface area (Å²) in [7, 11) is 4.32. The molecule has 0 radical (unpaired) electrons. The molecule has 0 aliphatic carbocycles. The number of nitrogens with one attached hydrogen (secondary N) is 2. The zero-order valence-electron chi connectivity index (χ0n) is 20.5. The van der Waals surface area contributed by atoms with Gasteiger partial charge in [-0.15, -0.1) is 0 Å². The molecule has 10 nitrogen and oxygen atoms in total. The number of nitrogens with zero attached hydrogens (tertiary/aromatic N) is 1. The third-order valence-corrected chi connectivity index (χ3v) is 6.02. The smallest absolute Gasteiger partial charge is 0.343 e. The van der Waals surface area contributed by atoms with Gasteiger partial charge in [0.2, 0.25) is 5.75 Å². The Morgan fingerprint density at radius 2 is 1.53 bits per heavy atom. The van der Waals surface area contributed by atoms with E-state index in [0.717, 1.165) is 0 Å². The van der Waals surface area contributed by atoms with Crippen LogP contribution in [0.5, 0.6) is 23.0 Å². The van der Waals surface area contributed by atoms with Gasteiger partial charge in [-0.1, -0.05) is 34.1 Å². The van der Waals surface area contributed by atoms with E-state index in [2.05, 4.69) is 47.7 Å². The van der Waals surface area contributed by atoms with Gasteiger partial charge in [-0.3, -0.25) is 9.59 Å². The summed E-state index contributed by atoms with van der Waals surface area (Å²) >= 11 is 6.76. The molecule has 2 N–H and O–H groups in total.